The van der Waals surface area contributed by atoms with Gasteiger partial charge in [-0.2, -0.15) is 5.10 Å². The van der Waals surface area contributed by atoms with Crippen molar-refractivity contribution in [1.82, 2.24) is 0 Å². The van der Waals surface area contributed by atoms with E-state index in [0.717, 1.165) is 15.4 Å². The number of hydrogen-bond acceptors (Lipinski definition) is 4. The fraction of sp³-hybridized carbons (Fsp3) is 0.0909. The van der Waals surface area contributed by atoms with E-state index >= 15 is 0 Å². The van der Waals surface area contributed by atoms with Gasteiger partial charge in [-0.25, -0.2) is 4.79 Å². The summed E-state index contributed by atoms with van der Waals surface area (Å²) in [5.74, 6) is 5.09. The first-order chi connectivity index (χ1) is 7.61. The predicted octanol–water partition coefficient (Wildman–Crippen LogP) is 2.16. The smallest absolute Gasteiger partial charge is 0.336 e. The second-order valence-corrected chi connectivity index (χ2v) is 4.25. The summed E-state index contributed by atoms with van der Waals surface area (Å²) in [7, 11) is 0. The molecule has 0 bridgehead atoms. The minimum Gasteiger partial charge on any atom is -0.423 e. The number of hydrogen-bond donors (Lipinski definition) is 1. The summed E-state index contributed by atoms with van der Waals surface area (Å²) in [5, 5.41) is 4.23. The van der Waals surface area contributed by atoms with Gasteiger partial charge in [0.1, 0.15) is 5.58 Å². The third-order valence-corrected chi connectivity index (χ3v) is 3.12. The number of aryl methyl sites for hydroxylation is 1. The second kappa shape index (κ2) is 4.09. The minimum absolute atomic E-state index is 0.413. The van der Waals surface area contributed by atoms with Crippen molar-refractivity contribution in [3.8, 4) is 0 Å². The van der Waals surface area contributed by atoms with E-state index < -0.39 is 5.63 Å². The van der Waals surface area contributed by atoms with Gasteiger partial charge in [0.25, 0.3) is 0 Å². The van der Waals surface area contributed by atoms with Crippen molar-refractivity contribution >= 4 is 33.1 Å². The Morgan fingerprint density at radius 3 is 2.88 bits per heavy atom. The molecule has 0 atom stereocenters. The predicted molar refractivity (Wildman–Crippen MR) is 66.7 cm³/mol. The van der Waals surface area contributed by atoms with Gasteiger partial charge in [-0.05, 0) is 24.6 Å². The zero-order valence-electron chi connectivity index (χ0n) is 8.53. The molecule has 0 unspecified atom stereocenters. The van der Waals surface area contributed by atoms with E-state index in [9.17, 15) is 4.79 Å². The summed E-state index contributed by atoms with van der Waals surface area (Å²) in [4.78, 5) is 11.3. The third kappa shape index (κ3) is 1.86. The molecule has 0 aliphatic rings. The molecule has 2 rings (SSSR count). The van der Waals surface area contributed by atoms with Crippen LogP contribution >= 0.6 is 15.9 Å². The number of rotatable bonds is 1. The number of fused-ring (bicyclic) bond motifs is 1. The highest BCUT2D eigenvalue weighted by atomic mass is 79.9. The van der Waals surface area contributed by atoms with Crippen LogP contribution < -0.4 is 11.5 Å². The number of hydrazone groups is 1. The lowest BCUT2D eigenvalue weighted by atomic mass is 10.1. The largest absolute Gasteiger partial charge is 0.423 e. The van der Waals surface area contributed by atoms with Gasteiger partial charge in [0.15, 0.2) is 0 Å². The molecule has 0 aliphatic heterocycles. The molecule has 1 aromatic carbocycles. The molecular weight excluding hydrogens is 272 g/mol. The van der Waals surface area contributed by atoms with Crippen LogP contribution in [0.15, 0.2) is 37.0 Å². The number of nitrogens with two attached hydrogens (primary N) is 1. The highest BCUT2D eigenvalue weighted by molar-refractivity contribution is 9.10. The highest BCUT2D eigenvalue weighted by Gasteiger charge is 2.06. The van der Waals surface area contributed by atoms with Crippen LogP contribution in [0.1, 0.15) is 11.1 Å². The van der Waals surface area contributed by atoms with E-state index in [4.69, 9.17) is 10.3 Å². The summed E-state index contributed by atoms with van der Waals surface area (Å²) in [5.41, 5.74) is 1.76. The SMILES string of the molecule is Cc1cc2oc(=O)cc(C=NN)c2cc1Br. The van der Waals surface area contributed by atoms with Gasteiger partial charge in [0.05, 0.1) is 6.21 Å². The van der Waals surface area contributed by atoms with E-state index in [2.05, 4.69) is 21.0 Å². The molecule has 0 aliphatic carbocycles. The molecule has 0 saturated heterocycles. The molecule has 2 aromatic rings. The van der Waals surface area contributed by atoms with Crippen LogP contribution in [0.3, 0.4) is 0 Å². The summed E-state index contributed by atoms with van der Waals surface area (Å²) >= 11 is 3.42. The maximum Gasteiger partial charge on any atom is 0.336 e. The molecule has 0 radical (unpaired) electrons. The van der Waals surface area contributed by atoms with Gasteiger partial charge in [-0.1, -0.05) is 15.9 Å². The third-order valence-electron chi connectivity index (χ3n) is 2.27. The summed E-state index contributed by atoms with van der Waals surface area (Å²) in [6, 6.07) is 5.04. The van der Waals surface area contributed by atoms with Crippen molar-refractivity contribution in [2.75, 3.05) is 0 Å². The van der Waals surface area contributed by atoms with Crippen molar-refractivity contribution in [2.24, 2.45) is 10.9 Å². The van der Waals surface area contributed by atoms with Crippen LogP contribution in [0.25, 0.3) is 11.0 Å². The van der Waals surface area contributed by atoms with Crippen LogP contribution in [0.5, 0.6) is 0 Å². The normalized spacial score (nSPS) is 11.4. The molecule has 0 amide bonds. The van der Waals surface area contributed by atoms with Crippen molar-refractivity contribution in [3.63, 3.8) is 0 Å². The maximum atomic E-state index is 11.3. The standard InChI is InChI=1S/C11H9BrN2O2/c1-6-2-10-8(4-9(6)12)7(5-14-13)3-11(15)16-10/h2-5H,13H2,1H3. The Morgan fingerprint density at radius 2 is 2.19 bits per heavy atom. The fourth-order valence-corrected chi connectivity index (χ4v) is 1.84. The molecule has 1 heterocycles. The molecule has 1 aromatic heterocycles. The van der Waals surface area contributed by atoms with E-state index in [1.165, 1.54) is 12.3 Å². The minimum atomic E-state index is -0.413. The van der Waals surface area contributed by atoms with E-state index in [1.54, 1.807) is 6.07 Å². The number of nitrogens with zero attached hydrogens (tertiary/aromatic N) is 1. The molecule has 0 fully saturated rings. The molecule has 0 spiro atoms. The first-order valence-electron chi connectivity index (χ1n) is 4.59. The average Bonchev–Trinajstić information content (AvgIpc) is 2.21. The van der Waals surface area contributed by atoms with Gasteiger partial charge >= 0.3 is 5.63 Å². The monoisotopic (exact) mass is 280 g/mol. The van der Waals surface area contributed by atoms with Crippen LogP contribution in [0, 0.1) is 6.92 Å². The van der Waals surface area contributed by atoms with Crippen LogP contribution in [-0.4, -0.2) is 6.21 Å². The lowest BCUT2D eigenvalue weighted by Gasteiger charge is -2.03. The van der Waals surface area contributed by atoms with Gasteiger partial charge in [-0.3, -0.25) is 0 Å². The molecular formula is C11H9BrN2O2. The zero-order valence-corrected chi connectivity index (χ0v) is 10.1. The van der Waals surface area contributed by atoms with Gasteiger partial charge < -0.3 is 10.3 Å². The number of benzene rings is 1. The molecule has 4 nitrogen and oxygen atoms in total. The van der Waals surface area contributed by atoms with Crippen LogP contribution in [0.2, 0.25) is 0 Å². The van der Waals surface area contributed by atoms with E-state index in [1.807, 2.05) is 13.0 Å². The van der Waals surface area contributed by atoms with Crippen molar-refractivity contribution < 1.29 is 4.42 Å². The molecule has 5 heteroatoms. The molecule has 2 N–H and O–H groups in total. The Labute approximate surface area is 99.9 Å². The lowest BCUT2D eigenvalue weighted by molar-refractivity contribution is 0.560. The Kier molecular flexibility index (Phi) is 2.78. The van der Waals surface area contributed by atoms with Gasteiger partial charge in [0.2, 0.25) is 0 Å². The Balaban J connectivity index is 2.90. The highest BCUT2D eigenvalue weighted by Crippen LogP contribution is 2.24. The van der Waals surface area contributed by atoms with Gasteiger partial charge in [-0.15, -0.1) is 0 Å². The number of halogens is 1. The Hall–Kier alpha value is -1.62. The first-order valence-corrected chi connectivity index (χ1v) is 5.38. The fourth-order valence-electron chi connectivity index (χ4n) is 1.49. The Morgan fingerprint density at radius 1 is 1.44 bits per heavy atom. The van der Waals surface area contributed by atoms with Crippen molar-refractivity contribution in [1.29, 1.82) is 0 Å². The zero-order chi connectivity index (χ0) is 11.7. The summed E-state index contributed by atoms with van der Waals surface area (Å²) in [6.07, 6.45) is 1.43. The quantitative estimate of drug-likeness (QED) is 0.377. The van der Waals surface area contributed by atoms with Gasteiger partial charge in [0, 0.05) is 21.5 Å². The van der Waals surface area contributed by atoms with E-state index in [-0.39, 0.29) is 0 Å². The topological polar surface area (TPSA) is 68.6 Å². The summed E-state index contributed by atoms with van der Waals surface area (Å²) < 4.78 is 6.05. The van der Waals surface area contributed by atoms with Crippen molar-refractivity contribution in [3.05, 3.63) is 44.2 Å². The molecule has 82 valence electrons. The first kappa shape index (κ1) is 10.9. The Bertz CT molecular complexity index is 632. The second-order valence-electron chi connectivity index (χ2n) is 3.40. The molecule has 16 heavy (non-hydrogen) atoms. The maximum absolute atomic E-state index is 11.3. The van der Waals surface area contributed by atoms with Crippen LogP contribution in [0.4, 0.5) is 0 Å². The average molecular weight is 281 g/mol. The summed E-state index contributed by atoms with van der Waals surface area (Å²) in [6.45, 7) is 1.92. The van der Waals surface area contributed by atoms with Crippen molar-refractivity contribution in [2.45, 2.75) is 6.92 Å². The van der Waals surface area contributed by atoms with Crippen LogP contribution in [-0.2, 0) is 0 Å². The lowest BCUT2D eigenvalue weighted by Crippen LogP contribution is -2.01. The van der Waals surface area contributed by atoms with E-state index in [0.29, 0.717) is 11.1 Å². The molecule has 0 saturated carbocycles.